The summed E-state index contributed by atoms with van der Waals surface area (Å²) in [6.45, 7) is 1.82. The monoisotopic (exact) mass is 218 g/mol. The second-order valence-corrected chi connectivity index (χ2v) is 3.57. The van der Waals surface area contributed by atoms with Crippen LogP contribution in [0.15, 0.2) is 27.8 Å². The van der Waals surface area contributed by atoms with E-state index in [9.17, 15) is 14.7 Å². The van der Waals surface area contributed by atoms with Crippen molar-refractivity contribution in [1.29, 1.82) is 0 Å². The van der Waals surface area contributed by atoms with E-state index in [1.807, 2.05) is 6.92 Å². The maximum Gasteiger partial charge on any atom is 0.268 e. The van der Waals surface area contributed by atoms with Gasteiger partial charge in [-0.2, -0.15) is 0 Å². The summed E-state index contributed by atoms with van der Waals surface area (Å²) in [5.74, 6) is 0.247. The Morgan fingerprint density at radius 1 is 1.19 bits per heavy atom. The summed E-state index contributed by atoms with van der Waals surface area (Å²) in [7, 11) is 1.55. The third-order valence-corrected chi connectivity index (χ3v) is 2.57. The van der Waals surface area contributed by atoms with E-state index in [0.29, 0.717) is 11.3 Å². The highest BCUT2D eigenvalue weighted by Gasteiger charge is 2.21. The molecule has 0 unspecified atom stereocenters. The lowest BCUT2D eigenvalue weighted by Gasteiger charge is -2.09. The first-order chi connectivity index (χ1) is 7.56. The Morgan fingerprint density at radius 2 is 1.88 bits per heavy atom. The van der Waals surface area contributed by atoms with Crippen LogP contribution < -0.4 is 15.6 Å². The topological polar surface area (TPSA) is 63.6 Å². The van der Waals surface area contributed by atoms with Crippen molar-refractivity contribution in [3.05, 3.63) is 44.2 Å². The van der Waals surface area contributed by atoms with Crippen LogP contribution in [0.25, 0.3) is 11.1 Å². The lowest BCUT2D eigenvalue weighted by Crippen LogP contribution is -2.31. The summed E-state index contributed by atoms with van der Waals surface area (Å²) < 4.78 is 5.08. The Bertz CT molecular complexity index is 618. The molecule has 82 valence electrons. The zero-order valence-corrected chi connectivity index (χ0v) is 8.90. The van der Waals surface area contributed by atoms with Crippen LogP contribution in [0.3, 0.4) is 0 Å². The molecule has 0 aromatic heterocycles. The Morgan fingerprint density at radius 3 is 2.38 bits per heavy atom. The van der Waals surface area contributed by atoms with Gasteiger partial charge in [0.05, 0.1) is 12.7 Å². The molecule has 0 saturated carbocycles. The van der Waals surface area contributed by atoms with E-state index in [0.717, 1.165) is 5.56 Å². The van der Waals surface area contributed by atoms with Crippen molar-refractivity contribution in [3.63, 3.8) is 0 Å². The number of rotatable bonds is 2. The van der Waals surface area contributed by atoms with Crippen LogP contribution in [0.1, 0.15) is 5.56 Å². The molecule has 16 heavy (non-hydrogen) atoms. The molecule has 0 aliphatic rings. The predicted octanol–water partition coefficient (Wildman–Crippen LogP) is 0.972. The van der Waals surface area contributed by atoms with Crippen molar-refractivity contribution in [1.82, 2.24) is 0 Å². The first-order valence-electron chi connectivity index (χ1n) is 4.73. The van der Waals surface area contributed by atoms with E-state index in [-0.39, 0.29) is 5.56 Å². The van der Waals surface area contributed by atoms with Crippen LogP contribution in [-0.2, 0) is 0 Å². The summed E-state index contributed by atoms with van der Waals surface area (Å²) in [6, 6.07) is 5.04. The maximum atomic E-state index is 11.2. The van der Waals surface area contributed by atoms with Crippen LogP contribution >= 0.6 is 0 Å². The summed E-state index contributed by atoms with van der Waals surface area (Å²) >= 11 is 0. The van der Waals surface area contributed by atoms with Crippen LogP contribution in [0.2, 0.25) is 0 Å². The molecular weight excluding hydrogens is 208 g/mol. The molecule has 0 atom stereocenters. The number of hydrogen-bond donors (Lipinski definition) is 1. The molecule has 2 aromatic carbocycles. The number of benzene rings is 1. The smallest absolute Gasteiger partial charge is 0.268 e. The van der Waals surface area contributed by atoms with Gasteiger partial charge in [-0.15, -0.1) is 0 Å². The zero-order valence-electron chi connectivity index (χ0n) is 8.90. The first-order valence-corrected chi connectivity index (χ1v) is 4.73. The van der Waals surface area contributed by atoms with Gasteiger partial charge in [0.2, 0.25) is 5.43 Å². The van der Waals surface area contributed by atoms with Crippen LogP contribution in [0.4, 0.5) is 0 Å². The van der Waals surface area contributed by atoms with E-state index >= 15 is 0 Å². The van der Waals surface area contributed by atoms with Crippen LogP contribution in [0, 0.1) is 6.92 Å². The standard InChI is InChI=1S/C12H10O4/c1-6-5-7(3-4-8(6)16-2)9-10(13)12(15)11(9)14/h3-5,13H,1-2H3. The second-order valence-electron chi connectivity index (χ2n) is 3.57. The van der Waals surface area contributed by atoms with Gasteiger partial charge in [-0.25, -0.2) is 0 Å². The summed E-state index contributed by atoms with van der Waals surface area (Å²) in [5.41, 5.74) is 0.0224. The van der Waals surface area contributed by atoms with Gasteiger partial charge in [0, 0.05) is 0 Å². The fraction of sp³-hybridized carbons (Fsp3) is 0.167. The Balaban J connectivity index is 2.56. The van der Waals surface area contributed by atoms with Crippen LogP contribution in [0.5, 0.6) is 11.5 Å². The van der Waals surface area contributed by atoms with Crippen molar-refractivity contribution in [2.24, 2.45) is 0 Å². The molecule has 0 heterocycles. The largest absolute Gasteiger partial charge is 0.503 e. The Labute approximate surface area is 91.4 Å². The lowest BCUT2D eigenvalue weighted by molar-refractivity contribution is 0.411. The summed E-state index contributed by atoms with van der Waals surface area (Å²) in [5, 5.41) is 9.30. The van der Waals surface area contributed by atoms with Gasteiger partial charge in [0.25, 0.3) is 5.43 Å². The highest BCUT2D eigenvalue weighted by molar-refractivity contribution is 5.74. The minimum atomic E-state index is -0.816. The predicted molar refractivity (Wildman–Crippen MR) is 59.7 cm³/mol. The molecular formula is C12H10O4. The number of hydrogen-bond acceptors (Lipinski definition) is 4. The van der Waals surface area contributed by atoms with Gasteiger partial charge in [0.15, 0.2) is 5.75 Å². The Hall–Kier alpha value is -2.10. The first kappa shape index (κ1) is 10.4. The average molecular weight is 218 g/mol. The van der Waals surface area contributed by atoms with Gasteiger partial charge in [-0.1, -0.05) is 6.07 Å². The number of aryl methyl sites for hydroxylation is 1. The minimum Gasteiger partial charge on any atom is -0.503 e. The van der Waals surface area contributed by atoms with Gasteiger partial charge in [0.1, 0.15) is 5.75 Å². The van der Waals surface area contributed by atoms with Gasteiger partial charge < -0.3 is 9.84 Å². The van der Waals surface area contributed by atoms with Crippen molar-refractivity contribution < 1.29 is 9.84 Å². The molecule has 0 radical (unpaired) electrons. The Kier molecular flexibility index (Phi) is 2.27. The van der Waals surface area contributed by atoms with E-state index in [1.54, 1.807) is 25.3 Å². The van der Waals surface area contributed by atoms with Gasteiger partial charge in [-0.05, 0) is 30.2 Å². The molecule has 0 aliphatic heterocycles. The second kappa shape index (κ2) is 3.48. The molecule has 1 N–H and O–H groups in total. The van der Waals surface area contributed by atoms with Gasteiger partial charge >= 0.3 is 0 Å². The molecule has 0 aliphatic carbocycles. The fourth-order valence-electron chi connectivity index (χ4n) is 1.68. The fourth-order valence-corrected chi connectivity index (χ4v) is 1.68. The summed E-state index contributed by atoms with van der Waals surface area (Å²) in [4.78, 5) is 22.1. The highest BCUT2D eigenvalue weighted by Crippen LogP contribution is 2.28. The molecule has 4 nitrogen and oxygen atoms in total. The van der Waals surface area contributed by atoms with Gasteiger partial charge in [-0.3, -0.25) is 9.59 Å². The van der Waals surface area contributed by atoms with Crippen LogP contribution in [-0.4, -0.2) is 12.2 Å². The van der Waals surface area contributed by atoms with E-state index in [1.165, 1.54) is 0 Å². The number of methoxy groups -OCH3 is 1. The molecule has 0 bridgehead atoms. The molecule has 0 amide bonds. The van der Waals surface area contributed by atoms with Crippen molar-refractivity contribution >= 4 is 0 Å². The third-order valence-electron chi connectivity index (χ3n) is 2.57. The van der Waals surface area contributed by atoms with E-state index < -0.39 is 16.6 Å². The van der Waals surface area contributed by atoms with Crippen molar-refractivity contribution in [2.45, 2.75) is 6.92 Å². The summed E-state index contributed by atoms with van der Waals surface area (Å²) in [6.07, 6.45) is 0. The SMILES string of the molecule is COc1ccc(-c2c(O)c(=O)c2=O)cc1C. The highest BCUT2D eigenvalue weighted by atomic mass is 16.5. The van der Waals surface area contributed by atoms with E-state index in [4.69, 9.17) is 4.74 Å². The average Bonchev–Trinajstić information content (AvgIpc) is 2.29. The molecule has 0 spiro atoms. The molecule has 4 heteroatoms. The molecule has 2 rings (SSSR count). The van der Waals surface area contributed by atoms with Crippen molar-refractivity contribution in [3.8, 4) is 22.6 Å². The zero-order chi connectivity index (χ0) is 11.9. The van der Waals surface area contributed by atoms with E-state index in [2.05, 4.69) is 0 Å². The third kappa shape index (κ3) is 1.31. The molecule has 0 fully saturated rings. The lowest BCUT2D eigenvalue weighted by atomic mass is 9.98. The number of ether oxygens (including phenoxy) is 1. The molecule has 0 saturated heterocycles. The van der Waals surface area contributed by atoms with Crippen molar-refractivity contribution in [2.75, 3.05) is 7.11 Å². The maximum absolute atomic E-state index is 11.2. The minimum absolute atomic E-state index is 0.0933. The normalized spacial score (nSPS) is 10.6. The quantitative estimate of drug-likeness (QED) is 0.763. The molecule has 2 aromatic rings. The number of aromatic hydroxyl groups is 1.